The zero-order valence-corrected chi connectivity index (χ0v) is 8.41. The number of rotatable bonds is 2. The monoisotopic (exact) mass is 190 g/mol. The Balaban J connectivity index is 2.31. The zero-order chi connectivity index (χ0) is 10.1. The zero-order valence-electron chi connectivity index (χ0n) is 8.41. The van der Waals surface area contributed by atoms with Gasteiger partial charge in [0.15, 0.2) is 0 Å². The van der Waals surface area contributed by atoms with Gasteiger partial charge in [-0.05, 0) is 26.0 Å². The lowest BCUT2D eigenvalue weighted by molar-refractivity contribution is 0.751. The number of anilines is 1. The molecular formula is C10H14N4. The van der Waals surface area contributed by atoms with E-state index in [0.29, 0.717) is 5.82 Å². The van der Waals surface area contributed by atoms with Crippen molar-refractivity contribution < 1.29 is 0 Å². The fourth-order valence-corrected chi connectivity index (χ4v) is 1.57. The maximum Gasteiger partial charge on any atom is 0.123 e. The highest BCUT2D eigenvalue weighted by Gasteiger charge is 2.05. The van der Waals surface area contributed by atoms with Gasteiger partial charge in [-0.2, -0.15) is 5.10 Å². The van der Waals surface area contributed by atoms with Crippen molar-refractivity contribution in [1.29, 1.82) is 0 Å². The van der Waals surface area contributed by atoms with E-state index in [2.05, 4.69) is 40.7 Å². The van der Waals surface area contributed by atoms with Gasteiger partial charge >= 0.3 is 0 Å². The number of H-pyrrole nitrogens is 1. The first-order valence-corrected chi connectivity index (χ1v) is 4.59. The quantitative estimate of drug-likeness (QED) is 0.753. The molecule has 14 heavy (non-hydrogen) atoms. The summed E-state index contributed by atoms with van der Waals surface area (Å²) in [7, 11) is 0. The predicted octanol–water partition coefficient (Wildman–Crippen LogP) is 1.46. The molecule has 0 spiro atoms. The lowest BCUT2D eigenvalue weighted by atomic mass is 10.3. The largest absolute Gasteiger partial charge is 0.384 e. The lowest BCUT2D eigenvalue weighted by Gasteiger charge is -2.07. The molecule has 0 saturated carbocycles. The second kappa shape index (κ2) is 3.21. The summed E-state index contributed by atoms with van der Waals surface area (Å²) in [6.45, 7) is 4.96. The first kappa shape index (κ1) is 8.87. The van der Waals surface area contributed by atoms with E-state index in [1.807, 2.05) is 0 Å². The normalized spacial score (nSPS) is 10.7. The van der Waals surface area contributed by atoms with Crippen molar-refractivity contribution in [2.24, 2.45) is 0 Å². The third kappa shape index (κ3) is 1.39. The number of aryl methyl sites for hydroxylation is 2. The van der Waals surface area contributed by atoms with Crippen LogP contribution in [0.4, 0.5) is 5.82 Å². The highest BCUT2D eigenvalue weighted by Crippen LogP contribution is 2.13. The highest BCUT2D eigenvalue weighted by molar-refractivity contribution is 5.37. The van der Waals surface area contributed by atoms with E-state index in [0.717, 1.165) is 12.1 Å². The van der Waals surface area contributed by atoms with Crippen molar-refractivity contribution in [3.05, 3.63) is 35.3 Å². The summed E-state index contributed by atoms with van der Waals surface area (Å²) >= 11 is 0. The van der Waals surface area contributed by atoms with Crippen LogP contribution in [-0.2, 0) is 6.54 Å². The number of hydrogen-bond acceptors (Lipinski definition) is 2. The average Bonchev–Trinajstić information content (AvgIpc) is 2.67. The third-order valence-electron chi connectivity index (χ3n) is 2.50. The molecule has 0 unspecified atom stereocenters. The summed E-state index contributed by atoms with van der Waals surface area (Å²) < 4.78 is 2.21. The summed E-state index contributed by atoms with van der Waals surface area (Å²) in [4.78, 5) is 0. The summed E-state index contributed by atoms with van der Waals surface area (Å²) in [5.41, 5.74) is 9.24. The Labute approximate surface area is 82.7 Å². The fraction of sp³-hybridized carbons (Fsp3) is 0.300. The summed E-state index contributed by atoms with van der Waals surface area (Å²) in [6.07, 6.45) is 1.77. The predicted molar refractivity (Wildman–Crippen MR) is 56.0 cm³/mol. The molecule has 0 saturated heterocycles. The second-order valence-corrected chi connectivity index (χ2v) is 3.51. The first-order chi connectivity index (χ1) is 6.68. The van der Waals surface area contributed by atoms with Crippen LogP contribution in [0.25, 0.3) is 0 Å². The van der Waals surface area contributed by atoms with Gasteiger partial charge in [0.2, 0.25) is 0 Å². The number of aromatic amines is 1. The highest BCUT2D eigenvalue weighted by atomic mass is 15.1. The smallest absolute Gasteiger partial charge is 0.123 e. The van der Waals surface area contributed by atoms with E-state index in [-0.39, 0.29) is 0 Å². The van der Waals surface area contributed by atoms with Gasteiger partial charge in [0, 0.05) is 17.0 Å². The number of nitrogen functional groups attached to an aromatic ring is 1. The van der Waals surface area contributed by atoms with Crippen LogP contribution in [0.2, 0.25) is 0 Å². The van der Waals surface area contributed by atoms with Crippen LogP contribution in [0, 0.1) is 13.8 Å². The van der Waals surface area contributed by atoms with Crippen molar-refractivity contribution in [2.45, 2.75) is 20.4 Å². The number of nitrogens with zero attached hydrogens (tertiary/aromatic N) is 2. The van der Waals surface area contributed by atoms with Crippen molar-refractivity contribution in [2.75, 3.05) is 5.73 Å². The van der Waals surface area contributed by atoms with E-state index in [9.17, 15) is 0 Å². The van der Waals surface area contributed by atoms with Crippen molar-refractivity contribution in [3.63, 3.8) is 0 Å². The Morgan fingerprint density at radius 2 is 2.00 bits per heavy atom. The molecular weight excluding hydrogens is 176 g/mol. The molecule has 0 atom stereocenters. The van der Waals surface area contributed by atoms with E-state index in [4.69, 9.17) is 5.73 Å². The first-order valence-electron chi connectivity index (χ1n) is 4.59. The van der Waals surface area contributed by atoms with Gasteiger partial charge in [0.05, 0.1) is 12.7 Å². The molecule has 0 aliphatic carbocycles. The molecule has 2 rings (SSSR count). The Kier molecular flexibility index (Phi) is 2.04. The van der Waals surface area contributed by atoms with Crippen LogP contribution in [-0.4, -0.2) is 14.8 Å². The van der Waals surface area contributed by atoms with Gasteiger partial charge in [-0.1, -0.05) is 0 Å². The van der Waals surface area contributed by atoms with Gasteiger partial charge < -0.3 is 10.3 Å². The van der Waals surface area contributed by atoms with Gasteiger partial charge in [-0.15, -0.1) is 0 Å². The Morgan fingerprint density at radius 1 is 1.36 bits per heavy atom. The molecule has 0 radical (unpaired) electrons. The van der Waals surface area contributed by atoms with Crippen LogP contribution >= 0.6 is 0 Å². The molecule has 0 fully saturated rings. The minimum atomic E-state index is 0.650. The van der Waals surface area contributed by atoms with Crippen molar-refractivity contribution >= 4 is 5.82 Å². The van der Waals surface area contributed by atoms with Crippen LogP contribution in [0.5, 0.6) is 0 Å². The minimum absolute atomic E-state index is 0.650. The lowest BCUT2D eigenvalue weighted by Crippen LogP contribution is -2.04. The van der Waals surface area contributed by atoms with Crippen molar-refractivity contribution in [3.8, 4) is 0 Å². The Bertz CT molecular complexity index is 419. The molecule has 0 aromatic carbocycles. The minimum Gasteiger partial charge on any atom is -0.384 e. The SMILES string of the molecule is Cc1ccc(C)n1Cc1cn[nH]c1N. The maximum atomic E-state index is 5.73. The van der Waals surface area contributed by atoms with Crippen LogP contribution in [0.3, 0.4) is 0 Å². The van der Waals surface area contributed by atoms with E-state index in [1.165, 1.54) is 11.4 Å². The number of hydrogen-bond donors (Lipinski definition) is 2. The average molecular weight is 190 g/mol. The molecule has 2 aromatic rings. The molecule has 0 amide bonds. The summed E-state index contributed by atoms with van der Waals surface area (Å²) in [5.74, 6) is 0.650. The second-order valence-electron chi connectivity index (χ2n) is 3.51. The number of nitrogens with two attached hydrogens (primary N) is 1. The number of aromatic nitrogens is 3. The van der Waals surface area contributed by atoms with Gasteiger partial charge in [-0.3, -0.25) is 5.10 Å². The maximum absolute atomic E-state index is 5.73. The van der Waals surface area contributed by atoms with Gasteiger partial charge in [0.25, 0.3) is 0 Å². The summed E-state index contributed by atoms with van der Waals surface area (Å²) in [5, 5.41) is 6.63. The number of nitrogens with one attached hydrogen (secondary N) is 1. The van der Waals surface area contributed by atoms with Crippen LogP contribution in [0.1, 0.15) is 17.0 Å². The fourth-order valence-electron chi connectivity index (χ4n) is 1.57. The molecule has 4 heteroatoms. The molecule has 74 valence electrons. The Morgan fingerprint density at radius 3 is 2.50 bits per heavy atom. The molecule has 3 N–H and O–H groups in total. The van der Waals surface area contributed by atoms with E-state index in [1.54, 1.807) is 6.20 Å². The van der Waals surface area contributed by atoms with E-state index >= 15 is 0 Å². The van der Waals surface area contributed by atoms with Gasteiger partial charge in [-0.25, -0.2) is 0 Å². The Hall–Kier alpha value is -1.71. The molecule has 0 aliphatic rings. The molecule has 2 aromatic heterocycles. The standard InChI is InChI=1S/C10H14N4/c1-7-3-4-8(2)14(7)6-9-5-12-13-10(9)11/h3-5H,6H2,1-2H3,(H3,11,12,13). The van der Waals surface area contributed by atoms with Crippen LogP contribution in [0.15, 0.2) is 18.3 Å². The molecule has 2 heterocycles. The van der Waals surface area contributed by atoms with Crippen LogP contribution < -0.4 is 5.73 Å². The third-order valence-corrected chi connectivity index (χ3v) is 2.50. The summed E-state index contributed by atoms with van der Waals surface area (Å²) in [6, 6.07) is 4.21. The molecule has 0 aliphatic heterocycles. The van der Waals surface area contributed by atoms with Crippen molar-refractivity contribution in [1.82, 2.24) is 14.8 Å². The molecule has 0 bridgehead atoms. The topological polar surface area (TPSA) is 59.6 Å². The van der Waals surface area contributed by atoms with Gasteiger partial charge in [0.1, 0.15) is 5.82 Å². The molecule has 4 nitrogen and oxygen atoms in total. The van der Waals surface area contributed by atoms with E-state index < -0.39 is 0 Å².